The lowest BCUT2D eigenvalue weighted by molar-refractivity contribution is -0.135. The smallest absolute Gasteiger partial charge is 0.269 e. The summed E-state index contributed by atoms with van der Waals surface area (Å²) in [6.45, 7) is 1.31. The molecule has 1 aromatic carbocycles. The summed E-state index contributed by atoms with van der Waals surface area (Å²) in [5, 5.41) is 10.1. The Balaban J connectivity index is 1.35. The van der Waals surface area contributed by atoms with E-state index in [1.54, 1.807) is 13.2 Å². The van der Waals surface area contributed by atoms with Crippen LogP contribution in [0.15, 0.2) is 30.3 Å². The first kappa shape index (κ1) is 19.5. The zero-order valence-corrected chi connectivity index (χ0v) is 16.8. The van der Waals surface area contributed by atoms with E-state index in [4.69, 9.17) is 4.74 Å². The van der Waals surface area contributed by atoms with Crippen LogP contribution in [0.25, 0.3) is 11.3 Å². The number of methoxy groups -OCH3 is 1. The molecule has 1 atom stereocenters. The van der Waals surface area contributed by atoms with Gasteiger partial charge in [-0.25, -0.2) is 0 Å². The van der Waals surface area contributed by atoms with Crippen molar-refractivity contribution in [1.29, 1.82) is 0 Å². The van der Waals surface area contributed by atoms with Gasteiger partial charge in [0.1, 0.15) is 11.4 Å². The standard InChI is InChI=1S/C22H28N4O3/c1-29-20-10-6-5-9-17(20)18-13-19(25-24-18)21(27)23-16-11-12-26(14-16)22(28)15-7-3-2-4-8-15/h5-6,9-10,13,15-16H,2-4,7-8,11-12,14H2,1H3,(H,23,27)(H,24,25). The highest BCUT2D eigenvalue weighted by atomic mass is 16.5. The minimum Gasteiger partial charge on any atom is -0.496 e. The Hall–Kier alpha value is -2.83. The number of nitrogens with one attached hydrogen (secondary N) is 2. The van der Waals surface area contributed by atoms with Crippen LogP contribution in [-0.4, -0.2) is 53.2 Å². The summed E-state index contributed by atoms with van der Waals surface area (Å²) in [6, 6.07) is 9.27. The topological polar surface area (TPSA) is 87.3 Å². The zero-order valence-electron chi connectivity index (χ0n) is 16.8. The molecule has 2 amide bonds. The first-order valence-corrected chi connectivity index (χ1v) is 10.4. The molecule has 154 valence electrons. The van der Waals surface area contributed by atoms with E-state index in [1.807, 2.05) is 29.2 Å². The minimum absolute atomic E-state index is 0.0203. The molecule has 29 heavy (non-hydrogen) atoms. The second kappa shape index (κ2) is 8.68. The highest BCUT2D eigenvalue weighted by Gasteiger charge is 2.32. The summed E-state index contributed by atoms with van der Waals surface area (Å²) < 4.78 is 5.37. The Labute approximate surface area is 170 Å². The molecule has 0 radical (unpaired) electrons. The van der Waals surface area contributed by atoms with Gasteiger partial charge in [0.05, 0.1) is 12.8 Å². The molecule has 0 spiro atoms. The summed E-state index contributed by atoms with van der Waals surface area (Å²) in [5.41, 5.74) is 1.89. The van der Waals surface area contributed by atoms with Crippen molar-refractivity contribution in [2.24, 2.45) is 5.92 Å². The lowest BCUT2D eigenvalue weighted by Gasteiger charge is -2.26. The van der Waals surface area contributed by atoms with Crippen LogP contribution in [0, 0.1) is 5.92 Å². The van der Waals surface area contributed by atoms with Crippen LogP contribution in [0.4, 0.5) is 0 Å². The summed E-state index contributed by atoms with van der Waals surface area (Å²) in [6.07, 6.45) is 6.34. The Bertz CT molecular complexity index is 872. The molecule has 1 aromatic heterocycles. The molecule has 7 heteroatoms. The van der Waals surface area contributed by atoms with E-state index in [-0.39, 0.29) is 23.8 Å². The van der Waals surface area contributed by atoms with E-state index in [2.05, 4.69) is 15.5 Å². The molecule has 7 nitrogen and oxygen atoms in total. The normalized spacial score (nSPS) is 19.9. The molecule has 2 aromatic rings. The van der Waals surface area contributed by atoms with Crippen LogP contribution in [-0.2, 0) is 4.79 Å². The highest BCUT2D eigenvalue weighted by molar-refractivity contribution is 5.93. The van der Waals surface area contributed by atoms with E-state index >= 15 is 0 Å². The third-order valence-corrected chi connectivity index (χ3v) is 5.99. The molecule has 1 aliphatic carbocycles. The molecule has 2 aliphatic rings. The number of carbonyl (C=O) groups is 2. The highest BCUT2D eigenvalue weighted by Crippen LogP contribution is 2.29. The number of para-hydroxylation sites is 1. The summed E-state index contributed by atoms with van der Waals surface area (Å²) in [5.74, 6) is 0.949. The largest absolute Gasteiger partial charge is 0.496 e. The predicted octanol–water partition coefficient (Wildman–Crippen LogP) is 3.00. The average molecular weight is 396 g/mol. The summed E-state index contributed by atoms with van der Waals surface area (Å²) in [4.78, 5) is 27.3. The van der Waals surface area contributed by atoms with Crippen molar-refractivity contribution in [2.75, 3.05) is 20.2 Å². The number of aromatic nitrogens is 2. The fraction of sp³-hybridized carbons (Fsp3) is 0.500. The third-order valence-electron chi connectivity index (χ3n) is 5.99. The first-order valence-electron chi connectivity index (χ1n) is 10.4. The number of hydrogen-bond donors (Lipinski definition) is 2. The van der Waals surface area contributed by atoms with Crippen LogP contribution in [0.3, 0.4) is 0 Å². The van der Waals surface area contributed by atoms with Crippen LogP contribution < -0.4 is 10.1 Å². The first-order chi connectivity index (χ1) is 14.2. The molecule has 4 rings (SSSR count). The van der Waals surface area contributed by atoms with Gasteiger partial charge in [0.25, 0.3) is 5.91 Å². The molecule has 1 unspecified atom stereocenters. The Kier molecular flexibility index (Phi) is 5.83. The van der Waals surface area contributed by atoms with Gasteiger partial charge >= 0.3 is 0 Å². The zero-order chi connectivity index (χ0) is 20.2. The SMILES string of the molecule is COc1ccccc1-c1cc(C(=O)NC2CCN(C(=O)C3CCCCC3)C2)[nH]n1. The van der Waals surface area contributed by atoms with E-state index < -0.39 is 0 Å². The van der Waals surface area contributed by atoms with Gasteiger partial charge in [0, 0.05) is 30.6 Å². The van der Waals surface area contributed by atoms with E-state index in [1.165, 1.54) is 6.42 Å². The van der Waals surface area contributed by atoms with Crippen molar-refractivity contribution in [2.45, 2.75) is 44.6 Å². The average Bonchev–Trinajstić information content (AvgIpc) is 3.44. The predicted molar refractivity (Wildman–Crippen MR) is 110 cm³/mol. The Morgan fingerprint density at radius 1 is 1.17 bits per heavy atom. The van der Waals surface area contributed by atoms with Crippen LogP contribution in [0.5, 0.6) is 5.75 Å². The monoisotopic (exact) mass is 396 g/mol. The van der Waals surface area contributed by atoms with Crippen molar-refractivity contribution in [3.05, 3.63) is 36.0 Å². The number of aromatic amines is 1. The maximum Gasteiger partial charge on any atom is 0.269 e. The lowest BCUT2D eigenvalue weighted by Crippen LogP contribution is -2.40. The molecule has 0 bridgehead atoms. The number of hydrogen-bond acceptors (Lipinski definition) is 4. The summed E-state index contributed by atoms with van der Waals surface area (Å²) >= 11 is 0. The molecular weight excluding hydrogens is 368 g/mol. The van der Waals surface area contributed by atoms with Crippen molar-refractivity contribution in [3.63, 3.8) is 0 Å². The number of nitrogens with zero attached hydrogens (tertiary/aromatic N) is 2. The maximum atomic E-state index is 12.7. The van der Waals surface area contributed by atoms with Crippen molar-refractivity contribution in [1.82, 2.24) is 20.4 Å². The molecule has 1 saturated heterocycles. The van der Waals surface area contributed by atoms with Crippen molar-refractivity contribution >= 4 is 11.8 Å². The van der Waals surface area contributed by atoms with E-state index in [0.717, 1.165) is 44.2 Å². The minimum atomic E-state index is -0.199. The molecular formula is C22H28N4O3. The van der Waals surface area contributed by atoms with Crippen LogP contribution in [0.1, 0.15) is 49.0 Å². The second-order valence-corrected chi connectivity index (χ2v) is 7.95. The third kappa shape index (κ3) is 4.28. The molecule has 1 aliphatic heterocycles. The van der Waals surface area contributed by atoms with Gasteiger partial charge in [0.15, 0.2) is 0 Å². The van der Waals surface area contributed by atoms with E-state index in [9.17, 15) is 9.59 Å². The van der Waals surface area contributed by atoms with Gasteiger partial charge in [0.2, 0.25) is 5.91 Å². The summed E-state index contributed by atoms with van der Waals surface area (Å²) in [7, 11) is 1.61. The fourth-order valence-corrected chi connectivity index (χ4v) is 4.38. The Morgan fingerprint density at radius 2 is 1.97 bits per heavy atom. The number of likely N-dealkylation sites (tertiary alicyclic amines) is 1. The van der Waals surface area contributed by atoms with Crippen molar-refractivity contribution in [3.8, 4) is 17.0 Å². The number of benzene rings is 1. The molecule has 2 fully saturated rings. The molecule has 2 heterocycles. The van der Waals surface area contributed by atoms with Gasteiger partial charge in [-0.05, 0) is 37.5 Å². The molecule has 2 N–H and O–H groups in total. The van der Waals surface area contributed by atoms with Gasteiger partial charge in [-0.15, -0.1) is 0 Å². The quantitative estimate of drug-likeness (QED) is 0.813. The number of H-pyrrole nitrogens is 1. The number of ether oxygens (including phenoxy) is 1. The van der Waals surface area contributed by atoms with E-state index in [0.29, 0.717) is 23.7 Å². The maximum absolute atomic E-state index is 12.7. The van der Waals surface area contributed by atoms with Gasteiger partial charge in [-0.1, -0.05) is 31.4 Å². The number of rotatable bonds is 5. The second-order valence-electron chi connectivity index (χ2n) is 7.95. The molecule has 1 saturated carbocycles. The van der Waals surface area contributed by atoms with Crippen LogP contribution in [0.2, 0.25) is 0 Å². The number of amides is 2. The van der Waals surface area contributed by atoms with Crippen molar-refractivity contribution < 1.29 is 14.3 Å². The number of carbonyl (C=O) groups excluding carboxylic acids is 2. The van der Waals surface area contributed by atoms with Gasteiger partial charge in [-0.2, -0.15) is 5.10 Å². The van der Waals surface area contributed by atoms with Gasteiger partial charge < -0.3 is 15.0 Å². The van der Waals surface area contributed by atoms with Gasteiger partial charge in [-0.3, -0.25) is 14.7 Å². The fourth-order valence-electron chi connectivity index (χ4n) is 4.38. The lowest BCUT2D eigenvalue weighted by atomic mass is 9.88. The Morgan fingerprint density at radius 3 is 2.76 bits per heavy atom. The van der Waals surface area contributed by atoms with Crippen LogP contribution >= 0.6 is 0 Å².